The summed E-state index contributed by atoms with van der Waals surface area (Å²) in [4.78, 5) is 18.0. The molecule has 1 fully saturated rings. The number of rotatable bonds is 6. The molecule has 4 nitrogen and oxygen atoms in total. The maximum absolute atomic E-state index is 13.0. The molecule has 0 saturated carbocycles. The molecule has 6 heteroatoms. The molecule has 1 saturated heterocycles. The van der Waals surface area contributed by atoms with Crippen molar-refractivity contribution in [3.05, 3.63) is 87.4 Å². The van der Waals surface area contributed by atoms with Gasteiger partial charge in [-0.25, -0.2) is 4.39 Å². The average Bonchev–Trinajstić information content (AvgIpc) is 3.24. The van der Waals surface area contributed by atoms with Crippen LogP contribution in [-0.4, -0.2) is 41.9 Å². The van der Waals surface area contributed by atoms with Crippen LogP contribution in [0.4, 0.5) is 4.39 Å². The van der Waals surface area contributed by atoms with Crippen LogP contribution in [0.3, 0.4) is 0 Å². The highest BCUT2D eigenvalue weighted by atomic mass is 32.1. The predicted molar refractivity (Wildman–Crippen MR) is 117 cm³/mol. The van der Waals surface area contributed by atoms with Gasteiger partial charge >= 0.3 is 0 Å². The Hall–Kier alpha value is -2.70. The van der Waals surface area contributed by atoms with Crippen molar-refractivity contribution in [3.8, 4) is 5.75 Å². The first-order chi connectivity index (χ1) is 14.6. The fourth-order valence-corrected chi connectivity index (χ4v) is 4.42. The van der Waals surface area contributed by atoms with Gasteiger partial charge in [0.05, 0.1) is 4.88 Å². The number of hydrogen-bond acceptors (Lipinski definition) is 4. The van der Waals surface area contributed by atoms with Crippen molar-refractivity contribution in [3.63, 3.8) is 0 Å². The highest BCUT2D eigenvalue weighted by Gasteiger charge is 2.23. The number of nitrogens with zero attached hydrogens (tertiary/aromatic N) is 2. The summed E-state index contributed by atoms with van der Waals surface area (Å²) in [7, 11) is 0. The van der Waals surface area contributed by atoms with Crippen molar-refractivity contribution in [2.75, 3.05) is 26.2 Å². The molecular formula is C24H25FN2O2S. The lowest BCUT2D eigenvalue weighted by Gasteiger charge is -2.34. The minimum atomic E-state index is -0.287. The number of ether oxygens (including phenoxy) is 1. The number of hydrogen-bond donors (Lipinski definition) is 0. The van der Waals surface area contributed by atoms with Crippen molar-refractivity contribution in [1.29, 1.82) is 0 Å². The van der Waals surface area contributed by atoms with Gasteiger partial charge in [0.15, 0.2) is 0 Å². The number of aryl methyl sites for hydroxylation is 1. The van der Waals surface area contributed by atoms with Gasteiger partial charge in [0.25, 0.3) is 5.91 Å². The number of thiophene rings is 1. The fourth-order valence-electron chi connectivity index (χ4n) is 3.55. The number of piperazine rings is 1. The van der Waals surface area contributed by atoms with Gasteiger partial charge in [-0.2, -0.15) is 0 Å². The van der Waals surface area contributed by atoms with Gasteiger partial charge in [0.2, 0.25) is 0 Å². The van der Waals surface area contributed by atoms with Crippen molar-refractivity contribution >= 4 is 17.2 Å². The number of benzene rings is 2. The van der Waals surface area contributed by atoms with Crippen molar-refractivity contribution in [1.82, 2.24) is 9.80 Å². The lowest BCUT2D eigenvalue weighted by atomic mass is 10.1. The normalized spacial score (nSPS) is 14.7. The molecule has 0 spiro atoms. The summed E-state index contributed by atoms with van der Waals surface area (Å²) in [5, 5.41) is 1.95. The second-order valence-electron chi connectivity index (χ2n) is 7.56. The molecule has 3 aromatic rings. The maximum Gasteiger partial charge on any atom is 0.264 e. The van der Waals surface area contributed by atoms with E-state index in [0.29, 0.717) is 12.4 Å². The third-order valence-corrected chi connectivity index (χ3v) is 6.37. The standard InChI is InChI=1S/C24H25FN2O2S/c1-18-4-2-3-5-20(18)15-26-10-12-27(13-11-26)24(28)23-14-19(17-30-23)16-29-22-8-6-21(25)7-9-22/h2-9,14,17H,10-13,15-16H2,1H3. The van der Waals surface area contributed by atoms with E-state index in [0.717, 1.165) is 43.2 Å². The summed E-state index contributed by atoms with van der Waals surface area (Å²) >= 11 is 1.45. The Kier molecular flexibility index (Phi) is 6.45. The molecule has 0 unspecified atom stereocenters. The molecule has 1 amide bonds. The van der Waals surface area contributed by atoms with Gasteiger partial charge in [-0.3, -0.25) is 9.69 Å². The molecule has 2 aromatic carbocycles. The van der Waals surface area contributed by atoms with Gasteiger partial charge in [-0.15, -0.1) is 11.3 Å². The van der Waals surface area contributed by atoms with E-state index in [4.69, 9.17) is 4.74 Å². The first-order valence-corrected chi connectivity index (χ1v) is 11.0. The SMILES string of the molecule is Cc1ccccc1CN1CCN(C(=O)c2cc(COc3ccc(F)cc3)cs2)CC1. The van der Waals surface area contributed by atoms with Crippen molar-refractivity contribution < 1.29 is 13.9 Å². The Morgan fingerprint density at radius 3 is 2.53 bits per heavy atom. The van der Waals surface area contributed by atoms with Crippen LogP contribution < -0.4 is 4.74 Å². The smallest absolute Gasteiger partial charge is 0.264 e. The van der Waals surface area contributed by atoms with E-state index < -0.39 is 0 Å². The number of carbonyl (C=O) groups excluding carboxylic acids is 1. The largest absolute Gasteiger partial charge is 0.489 e. The van der Waals surface area contributed by atoms with Crippen LogP contribution in [0.5, 0.6) is 5.75 Å². The molecule has 4 rings (SSSR count). The third kappa shape index (κ3) is 5.07. The summed E-state index contributed by atoms with van der Waals surface area (Å²) < 4.78 is 18.6. The Morgan fingerprint density at radius 2 is 1.80 bits per heavy atom. The first kappa shape index (κ1) is 20.6. The number of halogens is 1. The molecule has 0 aliphatic carbocycles. The number of amides is 1. The van der Waals surface area contributed by atoms with E-state index in [1.807, 2.05) is 16.3 Å². The van der Waals surface area contributed by atoms with Crippen LogP contribution in [0.2, 0.25) is 0 Å². The zero-order chi connectivity index (χ0) is 20.9. The second kappa shape index (κ2) is 9.41. The highest BCUT2D eigenvalue weighted by Crippen LogP contribution is 2.21. The van der Waals surface area contributed by atoms with Crippen molar-refractivity contribution in [2.24, 2.45) is 0 Å². The van der Waals surface area contributed by atoms with Gasteiger partial charge in [-0.05, 0) is 53.8 Å². The summed E-state index contributed by atoms with van der Waals surface area (Å²) in [6, 6.07) is 16.3. The highest BCUT2D eigenvalue weighted by molar-refractivity contribution is 7.12. The molecule has 1 aliphatic rings. The molecule has 1 aliphatic heterocycles. The van der Waals surface area contributed by atoms with Crippen LogP contribution in [-0.2, 0) is 13.2 Å². The van der Waals surface area contributed by atoms with Crippen LogP contribution in [0.15, 0.2) is 60.0 Å². The Morgan fingerprint density at radius 1 is 1.07 bits per heavy atom. The van der Waals surface area contributed by atoms with E-state index in [1.165, 1.54) is 34.6 Å². The van der Waals surface area contributed by atoms with Gasteiger partial charge in [-0.1, -0.05) is 24.3 Å². The van der Waals surface area contributed by atoms with Crippen LogP contribution in [0, 0.1) is 12.7 Å². The van der Waals surface area contributed by atoms with E-state index in [2.05, 4.69) is 36.1 Å². The van der Waals surface area contributed by atoms with Gasteiger partial charge < -0.3 is 9.64 Å². The lowest BCUT2D eigenvalue weighted by Crippen LogP contribution is -2.48. The molecule has 0 N–H and O–H groups in total. The van der Waals surface area contributed by atoms with E-state index in [-0.39, 0.29) is 11.7 Å². The van der Waals surface area contributed by atoms with Crippen LogP contribution in [0.25, 0.3) is 0 Å². The molecule has 2 heterocycles. The molecule has 1 aromatic heterocycles. The Balaban J connectivity index is 1.28. The summed E-state index contributed by atoms with van der Waals surface area (Å²) in [6.45, 7) is 6.67. The van der Waals surface area contributed by atoms with Crippen molar-refractivity contribution in [2.45, 2.75) is 20.1 Å². The monoisotopic (exact) mass is 424 g/mol. The van der Waals surface area contributed by atoms with E-state index >= 15 is 0 Å². The van der Waals surface area contributed by atoms with Gasteiger partial charge in [0.1, 0.15) is 18.2 Å². The van der Waals surface area contributed by atoms with Crippen LogP contribution in [0.1, 0.15) is 26.4 Å². The Bertz CT molecular complexity index is 994. The fraction of sp³-hybridized carbons (Fsp3) is 0.292. The molecule has 0 radical (unpaired) electrons. The first-order valence-electron chi connectivity index (χ1n) is 10.1. The van der Waals surface area contributed by atoms with E-state index in [1.54, 1.807) is 12.1 Å². The zero-order valence-corrected chi connectivity index (χ0v) is 17.8. The number of carbonyl (C=O) groups is 1. The zero-order valence-electron chi connectivity index (χ0n) is 17.0. The molecule has 0 atom stereocenters. The predicted octanol–water partition coefficient (Wildman–Crippen LogP) is 4.73. The average molecular weight is 425 g/mol. The molecular weight excluding hydrogens is 399 g/mol. The van der Waals surface area contributed by atoms with Crippen LogP contribution >= 0.6 is 11.3 Å². The summed E-state index contributed by atoms with van der Waals surface area (Å²) in [5.41, 5.74) is 3.61. The lowest BCUT2D eigenvalue weighted by molar-refractivity contribution is 0.0633. The third-order valence-electron chi connectivity index (χ3n) is 5.40. The molecule has 30 heavy (non-hydrogen) atoms. The summed E-state index contributed by atoms with van der Waals surface area (Å²) in [5.74, 6) is 0.411. The second-order valence-corrected chi connectivity index (χ2v) is 8.47. The minimum Gasteiger partial charge on any atom is -0.489 e. The van der Waals surface area contributed by atoms with Gasteiger partial charge in [0, 0.05) is 38.3 Å². The summed E-state index contributed by atoms with van der Waals surface area (Å²) in [6.07, 6.45) is 0. The maximum atomic E-state index is 13.0. The molecule has 0 bridgehead atoms. The topological polar surface area (TPSA) is 32.8 Å². The quantitative estimate of drug-likeness (QED) is 0.573. The minimum absolute atomic E-state index is 0.0866. The van der Waals surface area contributed by atoms with E-state index in [9.17, 15) is 9.18 Å². The Labute approximate surface area is 180 Å². The molecule has 156 valence electrons.